The van der Waals surface area contributed by atoms with Crippen LogP contribution < -0.4 is 10.2 Å². The highest BCUT2D eigenvalue weighted by molar-refractivity contribution is 7.98. The lowest BCUT2D eigenvalue weighted by Gasteiger charge is -2.17. The van der Waals surface area contributed by atoms with E-state index in [1.54, 1.807) is 16.8 Å². The minimum absolute atomic E-state index is 0.0408. The van der Waals surface area contributed by atoms with Crippen LogP contribution in [0.15, 0.2) is 16.9 Å². The molecule has 2 aliphatic rings. The highest BCUT2D eigenvalue weighted by atomic mass is 32.2. The second-order valence-electron chi connectivity index (χ2n) is 5.90. The number of amides is 2. The number of imide groups is 1. The molecule has 0 spiro atoms. The third-order valence-electron chi connectivity index (χ3n) is 4.18. The molecule has 0 aromatic carbocycles. The number of nitrogens with one attached hydrogen (secondary N) is 1. The van der Waals surface area contributed by atoms with Gasteiger partial charge < -0.3 is 4.90 Å². The number of nitrogens with zero attached hydrogens (tertiary/aromatic N) is 5. The molecule has 0 saturated carbocycles. The van der Waals surface area contributed by atoms with E-state index in [2.05, 4.69) is 20.4 Å². The van der Waals surface area contributed by atoms with Crippen molar-refractivity contribution in [3.8, 4) is 0 Å². The fraction of sp³-hybridized carbons (Fsp3) is 0.400. The standard InChI is InChI=1S/C15H15FN6O2S/c1-25-14-19-12-9(4-8-5-11(23)18-13(8)24)6-17-22(12)15(20-14)21-3-2-10(16)7-21/h4,6,10H,2-3,5,7H2,1H3,(H,18,23,24)/t10-/m0/s1. The van der Waals surface area contributed by atoms with Gasteiger partial charge in [0.05, 0.1) is 19.2 Å². The summed E-state index contributed by atoms with van der Waals surface area (Å²) in [7, 11) is 0. The van der Waals surface area contributed by atoms with Crippen LogP contribution in [-0.4, -0.2) is 56.9 Å². The molecule has 2 fully saturated rings. The van der Waals surface area contributed by atoms with Crippen LogP contribution in [0.3, 0.4) is 0 Å². The fourth-order valence-electron chi connectivity index (χ4n) is 2.97. The minimum atomic E-state index is -0.881. The van der Waals surface area contributed by atoms with Crippen molar-refractivity contribution in [2.24, 2.45) is 0 Å². The van der Waals surface area contributed by atoms with Gasteiger partial charge in [0, 0.05) is 17.7 Å². The minimum Gasteiger partial charge on any atom is -0.338 e. The van der Waals surface area contributed by atoms with E-state index in [1.165, 1.54) is 11.8 Å². The lowest BCUT2D eigenvalue weighted by molar-refractivity contribution is -0.124. The lowest BCUT2D eigenvalue weighted by Crippen LogP contribution is -2.24. The highest BCUT2D eigenvalue weighted by Crippen LogP contribution is 2.25. The summed E-state index contributed by atoms with van der Waals surface area (Å²) < 4.78 is 15.1. The number of alkyl halides is 1. The first-order valence-electron chi connectivity index (χ1n) is 7.78. The molecular formula is C15H15FN6O2S. The van der Waals surface area contributed by atoms with E-state index in [-0.39, 0.29) is 18.9 Å². The van der Waals surface area contributed by atoms with Crippen molar-refractivity contribution in [2.45, 2.75) is 24.2 Å². The van der Waals surface area contributed by atoms with Gasteiger partial charge in [-0.2, -0.15) is 14.6 Å². The van der Waals surface area contributed by atoms with E-state index >= 15 is 0 Å². The van der Waals surface area contributed by atoms with Crippen molar-refractivity contribution in [2.75, 3.05) is 24.2 Å². The van der Waals surface area contributed by atoms with Gasteiger partial charge in [-0.15, -0.1) is 0 Å². The molecule has 2 amide bonds. The average molecular weight is 362 g/mol. The van der Waals surface area contributed by atoms with Gasteiger partial charge in [-0.05, 0) is 18.8 Å². The van der Waals surface area contributed by atoms with Crippen LogP contribution >= 0.6 is 11.8 Å². The van der Waals surface area contributed by atoms with Crippen LogP contribution in [-0.2, 0) is 9.59 Å². The number of rotatable bonds is 3. The quantitative estimate of drug-likeness (QED) is 0.491. The number of anilines is 1. The van der Waals surface area contributed by atoms with Crippen molar-refractivity contribution in [3.05, 3.63) is 17.3 Å². The molecule has 2 saturated heterocycles. The number of hydrogen-bond donors (Lipinski definition) is 1. The van der Waals surface area contributed by atoms with Crippen LogP contribution in [0.1, 0.15) is 18.4 Å². The molecule has 2 aromatic heterocycles. The van der Waals surface area contributed by atoms with E-state index < -0.39 is 12.1 Å². The molecule has 4 rings (SSSR count). The summed E-state index contributed by atoms with van der Waals surface area (Å²) in [5.41, 5.74) is 1.52. The first-order chi connectivity index (χ1) is 12.0. The van der Waals surface area contributed by atoms with Gasteiger partial charge in [-0.3, -0.25) is 14.9 Å². The summed E-state index contributed by atoms with van der Waals surface area (Å²) in [6, 6.07) is 0. The molecule has 2 aromatic rings. The third kappa shape index (κ3) is 2.86. The molecule has 0 aliphatic carbocycles. The van der Waals surface area contributed by atoms with E-state index in [0.717, 1.165) is 0 Å². The number of carbonyl (C=O) groups is 2. The molecule has 1 atom stereocenters. The monoisotopic (exact) mass is 362 g/mol. The Hall–Kier alpha value is -2.49. The first-order valence-corrected chi connectivity index (χ1v) is 9.01. The summed E-state index contributed by atoms with van der Waals surface area (Å²) in [6.45, 7) is 0.835. The third-order valence-corrected chi connectivity index (χ3v) is 4.73. The SMILES string of the molecule is CSc1nc(N2CC[C@H](F)C2)n2ncc(C=C3CC(=O)NC3=O)c2n1. The molecule has 2 aliphatic heterocycles. The topological polar surface area (TPSA) is 92.5 Å². The number of aromatic nitrogens is 4. The second kappa shape index (κ2) is 6.10. The Morgan fingerprint density at radius 1 is 1.40 bits per heavy atom. The van der Waals surface area contributed by atoms with E-state index in [4.69, 9.17) is 0 Å². The Morgan fingerprint density at radius 2 is 2.24 bits per heavy atom. The van der Waals surface area contributed by atoms with Gasteiger partial charge in [0.15, 0.2) is 10.8 Å². The number of halogens is 1. The molecule has 0 unspecified atom stereocenters. The largest absolute Gasteiger partial charge is 0.338 e. The normalized spacial score (nSPS) is 22.4. The van der Waals surface area contributed by atoms with E-state index in [1.807, 2.05) is 11.2 Å². The second-order valence-corrected chi connectivity index (χ2v) is 6.67. The Morgan fingerprint density at radius 3 is 2.88 bits per heavy atom. The number of carbonyl (C=O) groups excluding carboxylic acids is 2. The van der Waals surface area contributed by atoms with E-state index in [9.17, 15) is 14.0 Å². The van der Waals surface area contributed by atoms with Crippen molar-refractivity contribution in [3.63, 3.8) is 0 Å². The average Bonchev–Trinajstić information content (AvgIpc) is 3.27. The van der Waals surface area contributed by atoms with Gasteiger partial charge in [-0.1, -0.05) is 11.8 Å². The molecule has 8 nitrogen and oxygen atoms in total. The zero-order chi connectivity index (χ0) is 17.6. The fourth-order valence-corrected chi connectivity index (χ4v) is 3.32. The molecule has 25 heavy (non-hydrogen) atoms. The maximum atomic E-state index is 13.6. The zero-order valence-corrected chi connectivity index (χ0v) is 14.2. The van der Waals surface area contributed by atoms with Gasteiger partial charge in [0.1, 0.15) is 6.17 Å². The summed E-state index contributed by atoms with van der Waals surface area (Å²) in [5.74, 6) is -0.187. The van der Waals surface area contributed by atoms with Gasteiger partial charge in [-0.25, -0.2) is 9.37 Å². The highest BCUT2D eigenvalue weighted by Gasteiger charge is 2.27. The van der Waals surface area contributed by atoms with Crippen molar-refractivity contribution < 1.29 is 14.0 Å². The number of fused-ring (bicyclic) bond motifs is 1. The van der Waals surface area contributed by atoms with E-state index in [0.29, 0.717) is 40.9 Å². The van der Waals surface area contributed by atoms with Crippen molar-refractivity contribution in [1.82, 2.24) is 24.9 Å². The van der Waals surface area contributed by atoms with Crippen LogP contribution in [0, 0.1) is 0 Å². The smallest absolute Gasteiger partial charge is 0.254 e. The molecular weight excluding hydrogens is 347 g/mol. The molecule has 1 N–H and O–H groups in total. The molecule has 4 heterocycles. The maximum Gasteiger partial charge on any atom is 0.254 e. The Balaban J connectivity index is 1.81. The molecule has 10 heteroatoms. The summed E-state index contributed by atoms with van der Waals surface area (Å²) in [5, 5.41) is 7.10. The van der Waals surface area contributed by atoms with Crippen LogP contribution in [0.2, 0.25) is 0 Å². The van der Waals surface area contributed by atoms with Gasteiger partial charge >= 0.3 is 0 Å². The zero-order valence-electron chi connectivity index (χ0n) is 13.4. The maximum absolute atomic E-state index is 13.6. The van der Waals surface area contributed by atoms with Gasteiger partial charge in [0.25, 0.3) is 5.91 Å². The van der Waals surface area contributed by atoms with Gasteiger partial charge in [0.2, 0.25) is 11.9 Å². The van der Waals surface area contributed by atoms with Crippen LogP contribution in [0.4, 0.5) is 10.3 Å². The summed E-state index contributed by atoms with van der Waals surface area (Å²) >= 11 is 1.38. The summed E-state index contributed by atoms with van der Waals surface area (Å²) in [4.78, 5) is 33.9. The predicted molar refractivity (Wildman–Crippen MR) is 90.0 cm³/mol. The molecule has 0 bridgehead atoms. The Kier molecular flexibility index (Phi) is 3.91. The molecule has 0 radical (unpaired) electrons. The Bertz CT molecular complexity index is 911. The predicted octanol–water partition coefficient (Wildman–Crippen LogP) is 0.824. The molecule has 130 valence electrons. The number of thioether (sulfide) groups is 1. The lowest BCUT2D eigenvalue weighted by atomic mass is 10.1. The first kappa shape index (κ1) is 16.0. The number of hydrogen-bond acceptors (Lipinski definition) is 7. The summed E-state index contributed by atoms with van der Waals surface area (Å²) in [6.07, 6.45) is 4.66. The Labute approximate surface area is 146 Å². The van der Waals surface area contributed by atoms with Crippen LogP contribution in [0.25, 0.3) is 11.7 Å². The van der Waals surface area contributed by atoms with Crippen molar-refractivity contribution in [1.29, 1.82) is 0 Å². The van der Waals surface area contributed by atoms with Crippen LogP contribution in [0.5, 0.6) is 0 Å². The van der Waals surface area contributed by atoms with Crippen molar-refractivity contribution >= 4 is 41.2 Å².